The van der Waals surface area contributed by atoms with Crippen molar-refractivity contribution in [2.24, 2.45) is 5.92 Å². The number of rotatable bonds is 5. The Kier molecular flexibility index (Phi) is 5.27. The molecule has 1 saturated carbocycles. The van der Waals surface area contributed by atoms with E-state index >= 15 is 0 Å². The van der Waals surface area contributed by atoms with Gasteiger partial charge in [-0.05, 0) is 59.2 Å². The van der Waals surface area contributed by atoms with Gasteiger partial charge in [0.15, 0.2) is 0 Å². The van der Waals surface area contributed by atoms with Crippen molar-refractivity contribution in [1.82, 2.24) is 15.1 Å². The second-order valence-corrected chi connectivity index (χ2v) is 7.15. The number of hydrogen-bond donors (Lipinski definition) is 1. The highest BCUT2D eigenvalue weighted by Crippen LogP contribution is 2.29. The summed E-state index contributed by atoms with van der Waals surface area (Å²) in [5.41, 5.74) is 0.342. The summed E-state index contributed by atoms with van der Waals surface area (Å²) >= 11 is 0. The van der Waals surface area contributed by atoms with Crippen LogP contribution in [0.3, 0.4) is 0 Å². The highest BCUT2D eigenvalue weighted by molar-refractivity contribution is 4.89. The van der Waals surface area contributed by atoms with E-state index in [1.165, 1.54) is 51.9 Å². The third-order valence-electron chi connectivity index (χ3n) is 5.34. The minimum absolute atomic E-state index is 0.342. The van der Waals surface area contributed by atoms with E-state index < -0.39 is 0 Å². The van der Waals surface area contributed by atoms with Crippen molar-refractivity contribution in [1.29, 1.82) is 0 Å². The molecule has 3 heteroatoms. The second-order valence-electron chi connectivity index (χ2n) is 7.15. The molecule has 1 saturated heterocycles. The van der Waals surface area contributed by atoms with Crippen molar-refractivity contribution >= 4 is 0 Å². The smallest absolute Gasteiger partial charge is 0.0277 e. The molecule has 1 heterocycles. The molecule has 3 nitrogen and oxygen atoms in total. The van der Waals surface area contributed by atoms with Crippen LogP contribution in [0.4, 0.5) is 0 Å². The molecule has 1 aliphatic heterocycles. The Morgan fingerprint density at radius 2 is 2.00 bits per heavy atom. The summed E-state index contributed by atoms with van der Waals surface area (Å²) in [4.78, 5) is 5.18. The Bertz CT molecular complexity index is 277. The first kappa shape index (κ1) is 15.3. The average molecular weight is 267 g/mol. The summed E-state index contributed by atoms with van der Waals surface area (Å²) in [5.74, 6) is 0.919. The molecule has 2 rings (SSSR count). The van der Waals surface area contributed by atoms with E-state index in [4.69, 9.17) is 0 Å². The van der Waals surface area contributed by atoms with Crippen molar-refractivity contribution in [3.05, 3.63) is 0 Å². The van der Waals surface area contributed by atoms with Crippen LogP contribution in [0, 0.1) is 5.92 Å². The topological polar surface area (TPSA) is 18.5 Å². The zero-order valence-corrected chi connectivity index (χ0v) is 13.4. The molecule has 2 fully saturated rings. The highest BCUT2D eigenvalue weighted by Gasteiger charge is 2.32. The first-order valence-electron chi connectivity index (χ1n) is 8.20. The third-order valence-corrected chi connectivity index (χ3v) is 5.34. The van der Waals surface area contributed by atoms with E-state index in [9.17, 15) is 0 Å². The van der Waals surface area contributed by atoms with Crippen molar-refractivity contribution in [3.63, 3.8) is 0 Å². The molecule has 0 bridgehead atoms. The van der Waals surface area contributed by atoms with Crippen LogP contribution in [0.15, 0.2) is 0 Å². The number of likely N-dealkylation sites (N-methyl/N-ethyl adjacent to an activating group) is 1. The van der Waals surface area contributed by atoms with Crippen molar-refractivity contribution in [2.75, 3.05) is 39.8 Å². The maximum Gasteiger partial charge on any atom is 0.0277 e. The maximum atomic E-state index is 3.68. The zero-order chi connectivity index (χ0) is 13.9. The van der Waals surface area contributed by atoms with Gasteiger partial charge in [0.1, 0.15) is 0 Å². The summed E-state index contributed by atoms with van der Waals surface area (Å²) in [6, 6.07) is 0.797. The van der Waals surface area contributed by atoms with Crippen LogP contribution in [0.2, 0.25) is 0 Å². The molecule has 0 radical (unpaired) electrons. The summed E-state index contributed by atoms with van der Waals surface area (Å²) < 4.78 is 0. The van der Waals surface area contributed by atoms with E-state index in [0.29, 0.717) is 5.54 Å². The molecule has 2 atom stereocenters. The van der Waals surface area contributed by atoms with Gasteiger partial charge in [0.25, 0.3) is 0 Å². The summed E-state index contributed by atoms with van der Waals surface area (Å²) in [5, 5.41) is 3.68. The fourth-order valence-electron chi connectivity index (χ4n) is 3.79. The molecule has 19 heavy (non-hydrogen) atoms. The van der Waals surface area contributed by atoms with Crippen LogP contribution in [0.5, 0.6) is 0 Å². The number of hydrogen-bond acceptors (Lipinski definition) is 3. The average Bonchev–Trinajstić information content (AvgIpc) is 2.79. The van der Waals surface area contributed by atoms with Gasteiger partial charge in [0.2, 0.25) is 0 Å². The Labute approximate surface area is 119 Å². The van der Waals surface area contributed by atoms with Crippen molar-refractivity contribution in [2.45, 2.75) is 58.0 Å². The molecule has 1 aliphatic carbocycles. The van der Waals surface area contributed by atoms with Gasteiger partial charge >= 0.3 is 0 Å². The summed E-state index contributed by atoms with van der Waals surface area (Å²) in [7, 11) is 2.26. The van der Waals surface area contributed by atoms with E-state index in [-0.39, 0.29) is 0 Å². The van der Waals surface area contributed by atoms with Gasteiger partial charge in [-0.25, -0.2) is 0 Å². The molecule has 1 N–H and O–H groups in total. The molecule has 2 unspecified atom stereocenters. The highest BCUT2D eigenvalue weighted by atomic mass is 15.3. The molecule has 2 aliphatic rings. The van der Waals surface area contributed by atoms with E-state index in [2.05, 4.69) is 42.9 Å². The molecule has 0 spiro atoms. The van der Waals surface area contributed by atoms with Crippen molar-refractivity contribution in [3.8, 4) is 0 Å². The molecule has 112 valence electrons. The first-order chi connectivity index (χ1) is 9.03. The van der Waals surface area contributed by atoms with Gasteiger partial charge in [0.05, 0.1) is 0 Å². The van der Waals surface area contributed by atoms with Crippen LogP contribution in [-0.2, 0) is 0 Å². The Balaban J connectivity index is 1.76. The molecule has 0 aromatic carbocycles. The van der Waals surface area contributed by atoms with Crippen LogP contribution < -0.4 is 5.32 Å². The largest absolute Gasteiger partial charge is 0.314 e. The monoisotopic (exact) mass is 267 g/mol. The number of nitrogens with zero attached hydrogens (tertiary/aromatic N) is 2. The maximum absolute atomic E-state index is 3.68. The first-order valence-corrected chi connectivity index (χ1v) is 8.20. The zero-order valence-electron chi connectivity index (χ0n) is 13.4. The van der Waals surface area contributed by atoms with Crippen LogP contribution in [-0.4, -0.2) is 61.2 Å². The van der Waals surface area contributed by atoms with Crippen LogP contribution >= 0.6 is 0 Å². The SMILES string of the molecule is CCNC1CCCC1CCN1CCN(C)C(C)(C)C1. The molecule has 0 aromatic heterocycles. The number of nitrogens with one attached hydrogen (secondary N) is 1. The lowest BCUT2D eigenvalue weighted by Gasteiger charge is -2.45. The second kappa shape index (κ2) is 6.55. The van der Waals surface area contributed by atoms with E-state index in [1.807, 2.05) is 0 Å². The van der Waals surface area contributed by atoms with Gasteiger partial charge in [-0.15, -0.1) is 0 Å². The Morgan fingerprint density at radius 3 is 2.68 bits per heavy atom. The lowest BCUT2D eigenvalue weighted by Crippen LogP contribution is -2.57. The van der Waals surface area contributed by atoms with Gasteiger partial charge in [0, 0.05) is 31.2 Å². The van der Waals surface area contributed by atoms with Gasteiger partial charge < -0.3 is 10.2 Å². The van der Waals surface area contributed by atoms with E-state index in [0.717, 1.165) is 18.5 Å². The normalized spacial score (nSPS) is 32.8. The van der Waals surface area contributed by atoms with Gasteiger partial charge in [-0.3, -0.25) is 4.90 Å². The summed E-state index contributed by atoms with van der Waals surface area (Å²) in [6.45, 7) is 13.1. The lowest BCUT2D eigenvalue weighted by atomic mass is 9.96. The number of piperazine rings is 1. The molecular weight excluding hydrogens is 234 g/mol. The fraction of sp³-hybridized carbons (Fsp3) is 1.00. The summed E-state index contributed by atoms with van der Waals surface area (Å²) in [6.07, 6.45) is 5.65. The molecule has 0 aromatic rings. The Morgan fingerprint density at radius 1 is 1.21 bits per heavy atom. The van der Waals surface area contributed by atoms with Crippen LogP contribution in [0.25, 0.3) is 0 Å². The van der Waals surface area contributed by atoms with E-state index in [1.54, 1.807) is 0 Å². The van der Waals surface area contributed by atoms with Gasteiger partial charge in [-0.1, -0.05) is 13.3 Å². The van der Waals surface area contributed by atoms with Crippen molar-refractivity contribution < 1.29 is 0 Å². The molecular formula is C16H33N3. The fourth-order valence-corrected chi connectivity index (χ4v) is 3.79. The predicted octanol–water partition coefficient (Wildman–Crippen LogP) is 2.18. The quantitative estimate of drug-likeness (QED) is 0.824. The minimum atomic E-state index is 0.342. The van der Waals surface area contributed by atoms with Crippen LogP contribution in [0.1, 0.15) is 46.5 Å². The molecule has 0 amide bonds. The van der Waals surface area contributed by atoms with Gasteiger partial charge in [-0.2, -0.15) is 0 Å². The minimum Gasteiger partial charge on any atom is -0.314 e. The Hall–Kier alpha value is -0.120. The predicted molar refractivity (Wildman–Crippen MR) is 82.6 cm³/mol. The third kappa shape index (κ3) is 3.93. The lowest BCUT2D eigenvalue weighted by molar-refractivity contribution is 0.0369. The standard InChI is InChI=1S/C16H33N3/c1-5-17-15-8-6-7-14(15)9-10-19-12-11-18(4)16(2,3)13-19/h14-15,17H,5-13H2,1-4H3.